The lowest BCUT2D eigenvalue weighted by Gasteiger charge is -2.07. The number of para-hydroxylation sites is 1. The van der Waals surface area contributed by atoms with Crippen LogP contribution in [0.15, 0.2) is 59.2 Å². The van der Waals surface area contributed by atoms with E-state index in [9.17, 15) is 4.79 Å². The van der Waals surface area contributed by atoms with Crippen molar-refractivity contribution in [3.05, 3.63) is 70.4 Å². The van der Waals surface area contributed by atoms with E-state index < -0.39 is 5.97 Å². The Bertz CT molecular complexity index is 827. The van der Waals surface area contributed by atoms with E-state index in [1.807, 2.05) is 31.2 Å². The van der Waals surface area contributed by atoms with Crippen LogP contribution >= 0.6 is 11.6 Å². The van der Waals surface area contributed by atoms with Crippen LogP contribution in [0.2, 0.25) is 5.02 Å². The first-order valence-electron chi connectivity index (χ1n) is 7.67. The van der Waals surface area contributed by atoms with Gasteiger partial charge in [0.1, 0.15) is 5.75 Å². The third-order valence-corrected chi connectivity index (χ3v) is 3.60. The summed E-state index contributed by atoms with van der Waals surface area (Å²) in [5, 5.41) is 0.557. The van der Waals surface area contributed by atoms with Crippen molar-refractivity contribution in [2.24, 2.45) is 4.99 Å². The molecular weight excluding hydrogens is 326 g/mol. The zero-order chi connectivity index (χ0) is 16.9. The fourth-order valence-electron chi connectivity index (χ4n) is 2.24. The maximum absolute atomic E-state index is 12.1. The minimum Gasteiger partial charge on any atom is -0.493 e. The van der Waals surface area contributed by atoms with Crippen molar-refractivity contribution in [2.75, 3.05) is 6.61 Å². The highest BCUT2D eigenvalue weighted by atomic mass is 35.5. The van der Waals surface area contributed by atoms with Gasteiger partial charge in [-0.05, 0) is 36.8 Å². The lowest BCUT2D eigenvalue weighted by Crippen LogP contribution is -2.05. The molecule has 0 radical (unpaired) electrons. The summed E-state index contributed by atoms with van der Waals surface area (Å²) in [5.74, 6) is 0.474. The average molecular weight is 342 g/mol. The van der Waals surface area contributed by atoms with Gasteiger partial charge in [0.2, 0.25) is 5.90 Å². The molecule has 1 heterocycles. The number of hydrogen-bond acceptors (Lipinski definition) is 4. The molecule has 1 aliphatic heterocycles. The monoisotopic (exact) mass is 341 g/mol. The van der Waals surface area contributed by atoms with Crippen LogP contribution in [-0.4, -0.2) is 18.5 Å². The number of cyclic esters (lactones) is 1. The van der Waals surface area contributed by atoms with Gasteiger partial charge in [-0.15, -0.1) is 0 Å². The molecule has 0 aliphatic carbocycles. The van der Waals surface area contributed by atoms with Gasteiger partial charge >= 0.3 is 5.97 Å². The van der Waals surface area contributed by atoms with Gasteiger partial charge in [0, 0.05) is 16.1 Å². The van der Waals surface area contributed by atoms with E-state index in [1.165, 1.54) is 0 Å². The Morgan fingerprint density at radius 1 is 1.21 bits per heavy atom. The largest absolute Gasteiger partial charge is 0.493 e. The Morgan fingerprint density at radius 3 is 2.83 bits per heavy atom. The highest BCUT2D eigenvalue weighted by molar-refractivity contribution is 6.31. The molecule has 0 aromatic heterocycles. The molecular formula is C19H16ClNO3. The second kappa shape index (κ2) is 7.32. The molecule has 0 bridgehead atoms. The fraction of sp³-hybridized carbons (Fsp3) is 0.158. The van der Waals surface area contributed by atoms with Crippen molar-refractivity contribution in [3.8, 4) is 5.75 Å². The van der Waals surface area contributed by atoms with Crippen LogP contribution in [0.3, 0.4) is 0 Å². The fourth-order valence-corrected chi connectivity index (χ4v) is 2.43. The van der Waals surface area contributed by atoms with E-state index >= 15 is 0 Å². The SMILES string of the molecule is CCCOc1ccccc1/C=C1/N=C(c2cccc(Cl)c2)OC1=O. The Morgan fingerprint density at radius 2 is 2.04 bits per heavy atom. The number of esters is 1. The van der Waals surface area contributed by atoms with Crippen molar-refractivity contribution < 1.29 is 14.3 Å². The third kappa shape index (κ3) is 3.66. The number of hydrogen-bond donors (Lipinski definition) is 0. The van der Waals surface area contributed by atoms with E-state index in [2.05, 4.69) is 4.99 Å². The lowest BCUT2D eigenvalue weighted by molar-refractivity contribution is -0.129. The summed E-state index contributed by atoms with van der Waals surface area (Å²) in [6.45, 7) is 2.65. The van der Waals surface area contributed by atoms with E-state index in [0.29, 0.717) is 22.9 Å². The van der Waals surface area contributed by atoms with Crippen molar-refractivity contribution in [2.45, 2.75) is 13.3 Å². The minimum absolute atomic E-state index is 0.234. The standard InChI is InChI=1S/C19H16ClNO3/c1-2-10-23-17-9-4-3-6-13(17)12-16-19(22)24-18(21-16)14-7-5-8-15(20)11-14/h3-9,11-12H,2,10H2,1H3/b16-12+. The number of benzene rings is 2. The lowest BCUT2D eigenvalue weighted by atomic mass is 10.1. The maximum atomic E-state index is 12.1. The molecule has 0 unspecified atom stereocenters. The van der Waals surface area contributed by atoms with Crippen LogP contribution in [0.1, 0.15) is 24.5 Å². The molecule has 2 aromatic rings. The zero-order valence-electron chi connectivity index (χ0n) is 13.2. The van der Waals surface area contributed by atoms with Crippen LogP contribution in [0.4, 0.5) is 0 Å². The molecule has 0 amide bonds. The second-order valence-electron chi connectivity index (χ2n) is 5.23. The number of carbonyl (C=O) groups excluding carboxylic acids is 1. The van der Waals surface area contributed by atoms with Crippen molar-refractivity contribution in [1.29, 1.82) is 0 Å². The van der Waals surface area contributed by atoms with Crippen LogP contribution in [0, 0.1) is 0 Å². The van der Waals surface area contributed by atoms with E-state index in [-0.39, 0.29) is 11.6 Å². The summed E-state index contributed by atoms with van der Waals surface area (Å²) in [6, 6.07) is 14.5. The van der Waals surface area contributed by atoms with Gasteiger partial charge in [0.05, 0.1) is 6.61 Å². The summed E-state index contributed by atoms with van der Waals surface area (Å²) < 4.78 is 10.9. The molecule has 5 heteroatoms. The van der Waals surface area contributed by atoms with E-state index in [1.54, 1.807) is 30.3 Å². The van der Waals surface area contributed by atoms with Crippen molar-refractivity contribution in [1.82, 2.24) is 0 Å². The number of ether oxygens (including phenoxy) is 2. The minimum atomic E-state index is -0.490. The summed E-state index contributed by atoms with van der Waals surface area (Å²) in [4.78, 5) is 16.4. The molecule has 0 N–H and O–H groups in total. The Kier molecular flexibility index (Phi) is 4.96. The average Bonchev–Trinajstić information content (AvgIpc) is 2.95. The summed E-state index contributed by atoms with van der Waals surface area (Å²) in [7, 11) is 0. The van der Waals surface area contributed by atoms with Gasteiger partial charge in [-0.3, -0.25) is 0 Å². The van der Waals surface area contributed by atoms with Crippen molar-refractivity contribution >= 4 is 29.5 Å². The summed E-state index contributed by atoms with van der Waals surface area (Å²) in [6.07, 6.45) is 2.58. The molecule has 3 rings (SSSR count). The maximum Gasteiger partial charge on any atom is 0.363 e. The molecule has 1 aliphatic rings. The molecule has 0 fully saturated rings. The van der Waals surface area contributed by atoms with E-state index in [0.717, 1.165) is 12.0 Å². The smallest absolute Gasteiger partial charge is 0.363 e. The first-order valence-corrected chi connectivity index (χ1v) is 8.05. The molecule has 0 saturated carbocycles. The van der Waals surface area contributed by atoms with Crippen molar-refractivity contribution in [3.63, 3.8) is 0 Å². The van der Waals surface area contributed by atoms with Gasteiger partial charge in [0.25, 0.3) is 0 Å². The predicted molar refractivity (Wildman–Crippen MR) is 94.3 cm³/mol. The molecule has 0 atom stereocenters. The molecule has 122 valence electrons. The Balaban J connectivity index is 1.92. The Hall–Kier alpha value is -2.59. The Labute approximate surface area is 145 Å². The highest BCUT2D eigenvalue weighted by Crippen LogP contribution is 2.25. The number of halogens is 1. The van der Waals surface area contributed by atoms with Gasteiger partial charge < -0.3 is 9.47 Å². The third-order valence-electron chi connectivity index (χ3n) is 3.36. The first-order chi connectivity index (χ1) is 11.7. The predicted octanol–water partition coefficient (Wildman–Crippen LogP) is 4.47. The number of aliphatic imine (C=N–C) groups is 1. The summed E-state index contributed by atoms with van der Waals surface area (Å²) >= 11 is 5.97. The number of rotatable bonds is 5. The molecule has 0 saturated heterocycles. The number of nitrogens with zero attached hydrogens (tertiary/aromatic N) is 1. The highest BCUT2D eigenvalue weighted by Gasteiger charge is 2.24. The molecule has 24 heavy (non-hydrogen) atoms. The molecule has 4 nitrogen and oxygen atoms in total. The molecule has 0 spiro atoms. The van der Waals surface area contributed by atoms with Gasteiger partial charge in [-0.25, -0.2) is 9.79 Å². The first kappa shape index (κ1) is 16.3. The van der Waals surface area contributed by atoms with E-state index in [4.69, 9.17) is 21.1 Å². The van der Waals surface area contributed by atoms with Crippen LogP contribution in [0.5, 0.6) is 5.75 Å². The normalized spacial score (nSPS) is 15.3. The molecule has 2 aromatic carbocycles. The van der Waals surface area contributed by atoms with Crippen LogP contribution < -0.4 is 4.74 Å². The quantitative estimate of drug-likeness (QED) is 0.595. The summed E-state index contributed by atoms with van der Waals surface area (Å²) in [5.41, 5.74) is 1.68. The van der Waals surface area contributed by atoms with Gasteiger partial charge in [-0.2, -0.15) is 0 Å². The topological polar surface area (TPSA) is 47.9 Å². The van der Waals surface area contributed by atoms with Gasteiger partial charge in [-0.1, -0.05) is 42.8 Å². The zero-order valence-corrected chi connectivity index (χ0v) is 13.9. The second-order valence-corrected chi connectivity index (χ2v) is 5.67. The number of carbonyl (C=O) groups is 1. The van der Waals surface area contributed by atoms with Crippen LogP contribution in [0.25, 0.3) is 6.08 Å². The van der Waals surface area contributed by atoms with Crippen LogP contribution in [-0.2, 0) is 9.53 Å². The van der Waals surface area contributed by atoms with Gasteiger partial charge in [0.15, 0.2) is 5.70 Å².